The molecule has 3 N–H and O–H groups in total. The molecule has 1 saturated heterocycles. The van der Waals surface area contributed by atoms with Crippen LogP contribution in [0.2, 0.25) is 0 Å². The zero-order chi connectivity index (χ0) is 13.2. The van der Waals surface area contributed by atoms with Crippen LogP contribution in [-0.4, -0.2) is 36.8 Å². The van der Waals surface area contributed by atoms with E-state index >= 15 is 0 Å². The Morgan fingerprint density at radius 1 is 1.44 bits per heavy atom. The van der Waals surface area contributed by atoms with Crippen LogP contribution in [0.1, 0.15) is 12.8 Å². The summed E-state index contributed by atoms with van der Waals surface area (Å²) in [6.45, 7) is 0.898. The summed E-state index contributed by atoms with van der Waals surface area (Å²) in [7, 11) is -3.55. The average molecular weight is 335 g/mol. The quantitative estimate of drug-likeness (QED) is 0.860. The Morgan fingerprint density at radius 3 is 2.67 bits per heavy atom. The first-order valence-corrected chi connectivity index (χ1v) is 7.91. The summed E-state index contributed by atoms with van der Waals surface area (Å²) in [4.78, 5) is 4.20. The first-order chi connectivity index (χ1) is 8.45. The van der Waals surface area contributed by atoms with Crippen molar-refractivity contribution in [2.45, 2.75) is 18.9 Å². The highest BCUT2D eigenvalue weighted by Crippen LogP contribution is 2.18. The van der Waals surface area contributed by atoms with E-state index in [-0.39, 0.29) is 6.04 Å². The van der Waals surface area contributed by atoms with Crippen LogP contribution in [0.25, 0.3) is 0 Å². The number of hydrogen-bond donors (Lipinski definition) is 2. The molecule has 0 unspecified atom stereocenters. The minimum absolute atomic E-state index is 0.227. The van der Waals surface area contributed by atoms with Gasteiger partial charge in [0.15, 0.2) is 0 Å². The van der Waals surface area contributed by atoms with Gasteiger partial charge in [-0.3, -0.25) is 0 Å². The van der Waals surface area contributed by atoms with Gasteiger partial charge in [-0.05, 0) is 25.0 Å². The topological polar surface area (TPSA) is 88.3 Å². The molecule has 100 valence electrons. The van der Waals surface area contributed by atoms with E-state index in [0.29, 0.717) is 13.1 Å². The van der Waals surface area contributed by atoms with Crippen LogP contribution >= 0.6 is 15.9 Å². The Morgan fingerprint density at radius 2 is 2.11 bits per heavy atom. The minimum atomic E-state index is -3.55. The Hall–Kier alpha value is -0.700. The molecule has 2 rings (SSSR count). The van der Waals surface area contributed by atoms with E-state index in [4.69, 9.17) is 5.14 Å². The summed E-state index contributed by atoms with van der Waals surface area (Å²) in [6, 6.07) is 3.98. The van der Waals surface area contributed by atoms with E-state index in [1.807, 2.05) is 12.1 Å². The number of hydrogen-bond acceptors (Lipinski definition) is 4. The van der Waals surface area contributed by atoms with Crippen molar-refractivity contribution in [3.63, 3.8) is 0 Å². The third-order valence-electron chi connectivity index (χ3n) is 2.89. The summed E-state index contributed by atoms with van der Waals surface area (Å²) < 4.78 is 24.6. The number of aromatic nitrogens is 1. The first kappa shape index (κ1) is 13.7. The average Bonchev–Trinajstić information content (AvgIpc) is 2.28. The lowest BCUT2D eigenvalue weighted by Crippen LogP contribution is -2.45. The highest BCUT2D eigenvalue weighted by Gasteiger charge is 2.25. The van der Waals surface area contributed by atoms with E-state index in [2.05, 4.69) is 26.2 Å². The number of pyridine rings is 1. The van der Waals surface area contributed by atoms with Crippen LogP contribution in [0.4, 0.5) is 5.82 Å². The maximum Gasteiger partial charge on any atom is 0.276 e. The summed E-state index contributed by atoms with van der Waals surface area (Å²) in [5.74, 6) is 0.790. The fourth-order valence-corrected chi connectivity index (χ4v) is 3.00. The van der Waals surface area contributed by atoms with Crippen LogP contribution in [-0.2, 0) is 10.2 Å². The van der Waals surface area contributed by atoms with Crippen molar-refractivity contribution in [2.24, 2.45) is 5.14 Å². The van der Waals surface area contributed by atoms with Gasteiger partial charge in [0.2, 0.25) is 0 Å². The Labute approximate surface area is 115 Å². The molecule has 0 aliphatic carbocycles. The van der Waals surface area contributed by atoms with Crippen molar-refractivity contribution in [2.75, 3.05) is 18.4 Å². The molecule has 0 radical (unpaired) electrons. The van der Waals surface area contributed by atoms with Crippen LogP contribution in [0.3, 0.4) is 0 Å². The van der Waals surface area contributed by atoms with Gasteiger partial charge in [-0.1, -0.05) is 15.9 Å². The minimum Gasteiger partial charge on any atom is -0.367 e. The lowest BCUT2D eigenvalue weighted by molar-refractivity contribution is 0.330. The zero-order valence-corrected chi connectivity index (χ0v) is 12.1. The molecule has 0 saturated carbocycles. The number of nitrogens with zero attached hydrogens (tertiary/aromatic N) is 2. The van der Waals surface area contributed by atoms with E-state index in [9.17, 15) is 8.42 Å². The van der Waals surface area contributed by atoms with Crippen molar-refractivity contribution in [1.29, 1.82) is 0 Å². The number of nitrogens with two attached hydrogens (primary N) is 1. The lowest BCUT2D eigenvalue weighted by atomic mass is 10.1. The molecule has 6 nitrogen and oxygen atoms in total. The van der Waals surface area contributed by atoms with Gasteiger partial charge in [0.1, 0.15) is 5.82 Å². The highest BCUT2D eigenvalue weighted by atomic mass is 79.9. The smallest absolute Gasteiger partial charge is 0.276 e. The van der Waals surface area contributed by atoms with Gasteiger partial charge < -0.3 is 5.32 Å². The molecular formula is C10H15BrN4O2S. The molecule has 0 spiro atoms. The molecule has 2 heterocycles. The van der Waals surface area contributed by atoms with Crippen molar-refractivity contribution in [3.05, 3.63) is 22.8 Å². The summed E-state index contributed by atoms with van der Waals surface area (Å²) in [5.41, 5.74) is 0. The Kier molecular flexibility index (Phi) is 4.21. The van der Waals surface area contributed by atoms with Gasteiger partial charge in [0.25, 0.3) is 10.2 Å². The van der Waals surface area contributed by atoms with Crippen LogP contribution in [0, 0.1) is 0 Å². The standard InChI is InChI=1S/C10H15BrN4O2S/c11-8-1-4-13-10(7-8)14-9-2-5-15(6-3-9)18(12,16)17/h1,4,7,9H,2-3,5-6H2,(H,13,14)(H2,12,16,17). The summed E-state index contributed by atoms with van der Waals surface area (Å²) in [6.07, 6.45) is 3.17. The van der Waals surface area contributed by atoms with Crippen molar-refractivity contribution >= 4 is 32.0 Å². The molecule has 1 aromatic rings. The van der Waals surface area contributed by atoms with Crippen molar-refractivity contribution in [1.82, 2.24) is 9.29 Å². The van der Waals surface area contributed by atoms with Gasteiger partial charge in [-0.25, -0.2) is 10.1 Å². The van der Waals surface area contributed by atoms with Crippen LogP contribution < -0.4 is 10.5 Å². The molecule has 1 fully saturated rings. The lowest BCUT2D eigenvalue weighted by Gasteiger charge is -2.30. The number of anilines is 1. The van der Waals surface area contributed by atoms with Gasteiger partial charge in [-0.15, -0.1) is 0 Å². The normalized spacial score (nSPS) is 18.8. The van der Waals surface area contributed by atoms with E-state index in [1.54, 1.807) is 6.20 Å². The number of halogens is 1. The molecule has 0 aromatic carbocycles. The largest absolute Gasteiger partial charge is 0.367 e. The highest BCUT2D eigenvalue weighted by molar-refractivity contribution is 9.10. The predicted octanol–water partition coefficient (Wildman–Crippen LogP) is 0.924. The second-order valence-electron chi connectivity index (χ2n) is 4.22. The second-order valence-corrected chi connectivity index (χ2v) is 6.68. The third kappa shape index (κ3) is 3.64. The van der Waals surface area contributed by atoms with Crippen LogP contribution in [0.15, 0.2) is 22.8 Å². The molecule has 1 aromatic heterocycles. The molecule has 18 heavy (non-hydrogen) atoms. The monoisotopic (exact) mass is 334 g/mol. The first-order valence-electron chi connectivity index (χ1n) is 5.61. The van der Waals surface area contributed by atoms with E-state index in [0.717, 1.165) is 23.1 Å². The molecular weight excluding hydrogens is 320 g/mol. The van der Waals surface area contributed by atoms with Gasteiger partial charge in [-0.2, -0.15) is 12.7 Å². The number of piperidine rings is 1. The fraction of sp³-hybridized carbons (Fsp3) is 0.500. The number of rotatable bonds is 3. The summed E-state index contributed by atoms with van der Waals surface area (Å²) in [5, 5.41) is 8.38. The van der Waals surface area contributed by atoms with Crippen molar-refractivity contribution in [3.8, 4) is 0 Å². The Balaban J connectivity index is 1.91. The predicted molar refractivity (Wildman–Crippen MR) is 73.3 cm³/mol. The molecule has 1 aliphatic rings. The SMILES string of the molecule is NS(=O)(=O)N1CCC(Nc2cc(Br)ccn2)CC1. The van der Waals surface area contributed by atoms with Gasteiger partial charge >= 0.3 is 0 Å². The van der Waals surface area contributed by atoms with Crippen LogP contribution in [0.5, 0.6) is 0 Å². The maximum atomic E-state index is 11.2. The van der Waals surface area contributed by atoms with E-state index in [1.165, 1.54) is 4.31 Å². The number of nitrogens with one attached hydrogen (secondary N) is 1. The molecule has 0 bridgehead atoms. The van der Waals surface area contributed by atoms with Gasteiger partial charge in [0, 0.05) is 29.8 Å². The zero-order valence-electron chi connectivity index (χ0n) is 9.71. The summed E-state index contributed by atoms with van der Waals surface area (Å²) >= 11 is 3.38. The maximum absolute atomic E-state index is 11.2. The van der Waals surface area contributed by atoms with Crippen molar-refractivity contribution < 1.29 is 8.42 Å². The second kappa shape index (κ2) is 5.52. The molecule has 0 amide bonds. The molecule has 0 atom stereocenters. The van der Waals surface area contributed by atoms with Gasteiger partial charge in [0.05, 0.1) is 0 Å². The fourth-order valence-electron chi connectivity index (χ4n) is 1.95. The molecule has 8 heteroatoms. The Bertz CT molecular complexity index is 514. The molecule has 1 aliphatic heterocycles. The third-order valence-corrected chi connectivity index (χ3v) is 4.47. The van der Waals surface area contributed by atoms with E-state index < -0.39 is 10.2 Å².